The van der Waals surface area contributed by atoms with Crippen molar-refractivity contribution >= 4 is 5.69 Å². The summed E-state index contributed by atoms with van der Waals surface area (Å²) in [4.78, 5) is 5.17. The molecular weight excluding hydrogens is 250 g/mol. The molecule has 2 heterocycles. The first-order valence-corrected chi connectivity index (χ1v) is 7.68. The van der Waals surface area contributed by atoms with Gasteiger partial charge in [0.05, 0.1) is 7.11 Å². The van der Waals surface area contributed by atoms with E-state index in [1.807, 2.05) is 6.07 Å². The number of nitrogens with zero attached hydrogens (tertiary/aromatic N) is 2. The van der Waals surface area contributed by atoms with E-state index in [-0.39, 0.29) is 0 Å². The van der Waals surface area contributed by atoms with Crippen molar-refractivity contribution in [3.8, 4) is 5.75 Å². The number of fused-ring (bicyclic) bond motifs is 1. The zero-order valence-electron chi connectivity index (χ0n) is 12.3. The smallest absolute Gasteiger partial charge is 0.120 e. The first kappa shape index (κ1) is 13.7. The van der Waals surface area contributed by atoms with Crippen LogP contribution in [-0.2, 0) is 6.54 Å². The van der Waals surface area contributed by atoms with Crippen LogP contribution in [0.4, 0.5) is 5.69 Å². The summed E-state index contributed by atoms with van der Waals surface area (Å²) in [5, 5.41) is 0. The molecule has 2 saturated heterocycles. The highest BCUT2D eigenvalue weighted by Gasteiger charge is 2.29. The SMILES string of the molecule is COc1ccc(CN)c(N2CCCN3CCCC3C2)c1. The van der Waals surface area contributed by atoms with Crippen molar-refractivity contribution < 1.29 is 4.74 Å². The summed E-state index contributed by atoms with van der Waals surface area (Å²) < 4.78 is 5.39. The van der Waals surface area contributed by atoms with Gasteiger partial charge in [-0.1, -0.05) is 6.07 Å². The Kier molecular flexibility index (Phi) is 4.13. The molecule has 0 saturated carbocycles. The Balaban J connectivity index is 1.86. The number of methoxy groups -OCH3 is 1. The largest absolute Gasteiger partial charge is 0.497 e. The average molecular weight is 275 g/mol. The van der Waals surface area contributed by atoms with Gasteiger partial charge in [-0.25, -0.2) is 0 Å². The first-order valence-electron chi connectivity index (χ1n) is 7.68. The summed E-state index contributed by atoms with van der Waals surface area (Å²) in [5.41, 5.74) is 8.40. The predicted molar refractivity (Wildman–Crippen MR) is 82.3 cm³/mol. The summed E-state index contributed by atoms with van der Waals surface area (Å²) in [6.45, 7) is 5.35. The summed E-state index contributed by atoms with van der Waals surface area (Å²) in [6.07, 6.45) is 3.91. The monoisotopic (exact) mass is 275 g/mol. The Hall–Kier alpha value is -1.26. The second-order valence-electron chi connectivity index (χ2n) is 5.83. The standard InChI is InChI=1S/C16H25N3O/c1-20-15-6-5-13(11-17)16(10-15)19-9-3-8-18-7-2-4-14(18)12-19/h5-6,10,14H,2-4,7-9,11-12,17H2,1H3. The van der Waals surface area contributed by atoms with Gasteiger partial charge in [-0.05, 0) is 37.4 Å². The fourth-order valence-electron chi connectivity index (χ4n) is 3.56. The highest BCUT2D eigenvalue weighted by atomic mass is 16.5. The molecule has 0 aromatic heterocycles. The Morgan fingerprint density at radius 3 is 2.90 bits per heavy atom. The molecular formula is C16H25N3O. The molecule has 2 aliphatic heterocycles. The van der Waals surface area contributed by atoms with Crippen molar-refractivity contribution in [3.05, 3.63) is 23.8 Å². The molecule has 3 rings (SSSR count). The van der Waals surface area contributed by atoms with Gasteiger partial charge in [-0.2, -0.15) is 0 Å². The maximum absolute atomic E-state index is 5.92. The number of benzene rings is 1. The molecule has 20 heavy (non-hydrogen) atoms. The number of anilines is 1. The fourth-order valence-corrected chi connectivity index (χ4v) is 3.56. The second kappa shape index (κ2) is 6.02. The molecule has 1 atom stereocenters. The Labute approximate surface area is 121 Å². The summed E-state index contributed by atoms with van der Waals surface area (Å²) in [7, 11) is 1.72. The van der Waals surface area contributed by atoms with E-state index in [0.717, 1.165) is 18.8 Å². The van der Waals surface area contributed by atoms with Gasteiger partial charge in [0.1, 0.15) is 5.75 Å². The van der Waals surface area contributed by atoms with E-state index >= 15 is 0 Å². The highest BCUT2D eigenvalue weighted by molar-refractivity contribution is 5.57. The van der Waals surface area contributed by atoms with E-state index in [4.69, 9.17) is 10.5 Å². The molecule has 0 bridgehead atoms. The fraction of sp³-hybridized carbons (Fsp3) is 0.625. The van der Waals surface area contributed by atoms with E-state index in [2.05, 4.69) is 21.9 Å². The normalized spacial score (nSPS) is 23.5. The number of rotatable bonds is 3. The van der Waals surface area contributed by atoms with Crippen LogP contribution < -0.4 is 15.4 Å². The van der Waals surface area contributed by atoms with E-state index in [0.29, 0.717) is 12.6 Å². The number of hydrogen-bond donors (Lipinski definition) is 1. The van der Waals surface area contributed by atoms with Crippen molar-refractivity contribution in [1.29, 1.82) is 0 Å². The maximum atomic E-state index is 5.92. The lowest BCUT2D eigenvalue weighted by atomic mass is 10.1. The molecule has 1 aromatic rings. The zero-order valence-corrected chi connectivity index (χ0v) is 12.3. The number of hydrogen-bond acceptors (Lipinski definition) is 4. The third-order valence-electron chi connectivity index (χ3n) is 4.66. The molecule has 0 spiro atoms. The third-order valence-corrected chi connectivity index (χ3v) is 4.66. The van der Waals surface area contributed by atoms with Gasteiger partial charge >= 0.3 is 0 Å². The molecule has 4 heteroatoms. The number of ether oxygens (including phenoxy) is 1. The molecule has 0 radical (unpaired) electrons. The van der Waals surface area contributed by atoms with E-state index < -0.39 is 0 Å². The molecule has 2 N–H and O–H groups in total. The van der Waals surface area contributed by atoms with Crippen molar-refractivity contribution in [2.24, 2.45) is 5.73 Å². The lowest BCUT2D eigenvalue weighted by Crippen LogP contribution is -2.37. The lowest BCUT2D eigenvalue weighted by molar-refractivity contribution is 0.273. The zero-order chi connectivity index (χ0) is 13.9. The Morgan fingerprint density at radius 2 is 2.10 bits per heavy atom. The van der Waals surface area contributed by atoms with Crippen LogP contribution in [0.15, 0.2) is 18.2 Å². The van der Waals surface area contributed by atoms with Gasteiger partial charge in [0, 0.05) is 44.0 Å². The van der Waals surface area contributed by atoms with Crippen LogP contribution in [-0.4, -0.2) is 44.2 Å². The predicted octanol–water partition coefficient (Wildman–Crippen LogP) is 1.83. The van der Waals surface area contributed by atoms with Gasteiger partial charge < -0.3 is 15.4 Å². The molecule has 1 aromatic carbocycles. The van der Waals surface area contributed by atoms with Gasteiger partial charge in [-0.15, -0.1) is 0 Å². The van der Waals surface area contributed by atoms with E-state index in [1.165, 1.54) is 43.6 Å². The van der Waals surface area contributed by atoms with Crippen molar-refractivity contribution in [3.63, 3.8) is 0 Å². The second-order valence-corrected chi connectivity index (χ2v) is 5.83. The molecule has 110 valence electrons. The minimum absolute atomic E-state index is 0.588. The molecule has 0 amide bonds. The molecule has 2 aliphatic rings. The minimum atomic E-state index is 0.588. The van der Waals surface area contributed by atoms with Crippen LogP contribution in [0.5, 0.6) is 5.75 Å². The van der Waals surface area contributed by atoms with E-state index in [9.17, 15) is 0 Å². The molecule has 1 unspecified atom stereocenters. The van der Waals surface area contributed by atoms with Crippen LogP contribution in [0.25, 0.3) is 0 Å². The van der Waals surface area contributed by atoms with Crippen LogP contribution in [0.1, 0.15) is 24.8 Å². The summed E-state index contributed by atoms with van der Waals surface area (Å²) in [5.74, 6) is 0.921. The van der Waals surface area contributed by atoms with Crippen LogP contribution in [0.2, 0.25) is 0 Å². The average Bonchev–Trinajstić information content (AvgIpc) is 2.83. The quantitative estimate of drug-likeness (QED) is 0.914. The third kappa shape index (κ3) is 2.63. The van der Waals surface area contributed by atoms with Crippen LogP contribution >= 0.6 is 0 Å². The molecule has 4 nitrogen and oxygen atoms in total. The first-order chi connectivity index (χ1) is 9.81. The molecule has 2 fully saturated rings. The van der Waals surface area contributed by atoms with E-state index in [1.54, 1.807) is 7.11 Å². The topological polar surface area (TPSA) is 41.7 Å². The summed E-state index contributed by atoms with van der Waals surface area (Å²) in [6, 6.07) is 6.97. The summed E-state index contributed by atoms with van der Waals surface area (Å²) >= 11 is 0. The lowest BCUT2D eigenvalue weighted by Gasteiger charge is -2.29. The number of nitrogens with two attached hydrogens (primary N) is 1. The molecule has 0 aliphatic carbocycles. The minimum Gasteiger partial charge on any atom is -0.497 e. The van der Waals surface area contributed by atoms with Gasteiger partial charge in [0.2, 0.25) is 0 Å². The Morgan fingerprint density at radius 1 is 1.25 bits per heavy atom. The Bertz CT molecular complexity index is 463. The maximum Gasteiger partial charge on any atom is 0.120 e. The highest BCUT2D eigenvalue weighted by Crippen LogP contribution is 2.30. The van der Waals surface area contributed by atoms with Crippen LogP contribution in [0, 0.1) is 0 Å². The van der Waals surface area contributed by atoms with Crippen molar-refractivity contribution in [2.75, 3.05) is 38.2 Å². The van der Waals surface area contributed by atoms with Crippen molar-refractivity contribution in [2.45, 2.75) is 31.8 Å². The van der Waals surface area contributed by atoms with Gasteiger partial charge in [0.15, 0.2) is 0 Å². The van der Waals surface area contributed by atoms with Crippen molar-refractivity contribution in [1.82, 2.24) is 4.90 Å². The van der Waals surface area contributed by atoms with Gasteiger partial charge in [-0.3, -0.25) is 4.90 Å². The van der Waals surface area contributed by atoms with Gasteiger partial charge in [0.25, 0.3) is 0 Å². The van der Waals surface area contributed by atoms with Crippen LogP contribution in [0.3, 0.4) is 0 Å².